The van der Waals surface area contributed by atoms with E-state index in [1.54, 1.807) is 10.8 Å². The van der Waals surface area contributed by atoms with Crippen LogP contribution in [0.4, 0.5) is 4.79 Å². The number of hydrogen-bond acceptors (Lipinski definition) is 6. The van der Waals surface area contributed by atoms with E-state index in [4.69, 9.17) is 5.73 Å². The molecule has 9 nitrogen and oxygen atoms in total. The van der Waals surface area contributed by atoms with Gasteiger partial charge in [-0.3, -0.25) is 19.1 Å². The van der Waals surface area contributed by atoms with Gasteiger partial charge in [0.05, 0.1) is 17.6 Å². The lowest BCUT2D eigenvalue weighted by Crippen LogP contribution is -2.41. The minimum absolute atomic E-state index is 0.0504. The van der Waals surface area contributed by atoms with Gasteiger partial charge in [-0.2, -0.15) is 11.8 Å². The Morgan fingerprint density at radius 2 is 1.87 bits per heavy atom. The standard InChI is InChI=1S/C35H38N6O3S/c36-28(18-23-6-5-7-24-19-37-15-12-25(23)24)27-20-41(30-9-2-1-8-26(27)30)34(43)22-13-16-40(17-14-22)32(42)11-4-3-10-31-33-29(21-45-31)38-35(44)39-33/h1-2,5-9,12,15,18-20,22,29,31,33H,3-4,10-11,13-14,16-17,21,36H2,(H2,38,39,44)/b28-18-/t29-,31-,33-/m0/s1. The monoisotopic (exact) mass is 622 g/mol. The van der Waals surface area contributed by atoms with Gasteiger partial charge in [0.2, 0.25) is 11.8 Å². The molecule has 232 valence electrons. The fourth-order valence-corrected chi connectivity index (χ4v) is 8.65. The molecule has 3 aliphatic heterocycles. The number of rotatable bonds is 8. The number of pyridine rings is 1. The van der Waals surface area contributed by atoms with E-state index in [1.807, 2.05) is 83.7 Å². The molecule has 0 saturated carbocycles. The Balaban J connectivity index is 0.971. The molecule has 4 aromatic rings. The highest BCUT2D eigenvalue weighted by Crippen LogP contribution is 2.34. The number of carbonyl (C=O) groups is 3. The number of likely N-dealkylation sites (tertiary alicyclic amines) is 1. The number of hydrogen-bond donors (Lipinski definition) is 3. The van der Waals surface area contributed by atoms with Crippen LogP contribution in [0.5, 0.6) is 0 Å². The summed E-state index contributed by atoms with van der Waals surface area (Å²) in [6.07, 6.45) is 12.1. The van der Waals surface area contributed by atoms with Crippen molar-refractivity contribution in [3.05, 3.63) is 78.2 Å². The molecule has 2 aromatic carbocycles. The average molecular weight is 623 g/mol. The maximum absolute atomic E-state index is 13.9. The molecule has 2 aromatic heterocycles. The summed E-state index contributed by atoms with van der Waals surface area (Å²) in [7, 11) is 0. The van der Waals surface area contributed by atoms with Gasteiger partial charge in [-0.25, -0.2) is 4.79 Å². The summed E-state index contributed by atoms with van der Waals surface area (Å²) in [6, 6.07) is 16.3. The van der Waals surface area contributed by atoms with E-state index in [0.29, 0.717) is 43.3 Å². The number of benzene rings is 2. The lowest BCUT2D eigenvalue weighted by molar-refractivity contribution is -0.132. The Bertz CT molecular complexity index is 1790. The minimum Gasteiger partial charge on any atom is -0.398 e. The van der Waals surface area contributed by atoms with Crippen molar-refractivity contribution >= 4 is 63.1 Å². The number of nitrogens with two attached hydrogens (primary N) is 1. The van der Waals surface area contributed by atoms with Crippen LogP contribution in [0.25, 0.3) is 33.4 Å². The molecule has 7 rings (SSSR count). The fourth-order valence-electron chi connectivity index (χ4n) is 7.11. The maximum Gasteiger partial charge on any atom is 0.315 e. The number of thioether (sulfide) groups is 1. The van der Waals surface area contributed by atoms with Gasteiger partial charge in [0, 0.05) is 77.1 Å². The third-order valence-corrected chi connectivity index (χ3v) is 11.1. The Morgan fingerprint density at radius 1 is 1.02 bits per heavy atom. The van der Waals surface area contributed by atoms with Crippen molar-refractivity contribution in [2.75, 3.05) is 18.8 Å². The molecule has 3 atom stereocenters. The summed E-state index contributed by atoms with van der Waals surface area (Å²) in [6.45, 7) is 1.19. The van der Waals surface area contributed by atoms with Gasteiger partial charge in [0.25, 0.3) is 0 Å². The predicted molar refractivity (Wildman–Crippen MR) is 180 cm³/mol. The fraction of sp³-hybridized carbons (Fsp3) is 0.371. The molecule has 0 aliphatic carbocycles. The van der Waals surface area contributed by atoms with E-state index >= 15 is 0 Å². The summed E-state index contributed by atoms with van der Waals surface area (Å²) in [5.41, 5.74) is 9.96. The molecule has 0 radical (unpaired) electrons. The minimum atomic E-state index is -0.156. The van der Waals surface area contributed by atoms with Crippen molar-refractivity contribution in [2.45, 2.75) is 55.9 Å². The van der Waals surface area contributed by atoms with E-state index in [9.17, 15) is 14.4 Å². The van der Waals surface area contributed by atoms with Gasteiger partial charge in [0.15, 0.2) is 0 Å². The number of amides is 3. The van der Waals surface area contributed by atoms with Crippen molar-refractivity contribution in [3.63, 3.8) is 0 Å². The van der Waals surface area contributed by atoms with Gasteiger partial charge in [-0.05, 0) is 54.8 Å². The highest BCUT2D eigenvalue weighted by molar-refractivity contribution is 8.00. The van der Waals surface area contributed by atoms with Gasteiger partial charge < -0.3 is 21.3 Å². The average Bonchev–Trinajstić information content (AvgIpc) is 3.75. The SMILES string of the molecule is N/C(=C\c1cccc2cnccc12)c1cn(C(=O)C2CCN(C(=O)CCCC[C@@H]3SC[C@@H]4NC(=O)N[C@@H]43)CC2)c2ccccc12. The Kier molecular flexibility index (Phi) is 8.23. The lowest BCUT2D eigenvalue weighted by atomic mass is 9.95. The highest BCUT2D eigenvalue weighted by Gasteiger charge is 2.42. The Labute approximate surface area is 266 Å². The number of para-hydroxylation sites is 1. The van der Waals surface area contributed by atoms with Crippen molar-refractivity contribution in [1.29, 1.82) is 0 Å². The first-order valence-electron chi connectivity index (χ1n) is 15.9. The summed E-state index contributed by atoms with van der Waals surface area (Å²) in [4.78, 5) is 44.6. The van der Waals surface area contributed by atoms with Crippen LogP contribution in [0.15, 0.2) is 67.1 Å². The van der Waals surface area contributed by atoms with Crippen LogP contribution in [0.3, 0.4) is 0 Å². The van der Waals surface area contributed by atoms with E-state index in [2.05, 4.69) is 15.6 Å². The van der Waals surface area contributed by atoms with Crippen LogP contribution in [0, 0.1) is 5.92 Å². The highest BCUT2D eigenvalue weighted by atomic mass is 32.2. The second-order valence-electron chi connectivity index (χ2n) is 12.3. The topological polar surface area (TPSA) is 122 Å². The number of piperidine rings is 1. The molecule has 0 spiro atoms. The smallest absolute Gasteiger partial charge is 0.315 e. The zero-order chi connectivity index (χ0) is 30.9. The first kappa shape index (κ1) is 29.4. The third kappa shape index (κ3) is 5.91. The first-order valence-corrected chi connectivity index (χ1v) is 16.9. The first-order chi connectivity index (χ1) is 22.0. The van der Waals surface area contributed by atoms with Crippen LogP contribution < -0.4 is 16.4 Å². The van der Waals surface area contributed by atoms with Crippen molar-refractivity contribution in [1.82, 2.24) is 25.1 Å². The molecule has 3 fully saturated rings. The number of aromatic nitrogens is 2. The predicted octanol–water partition coefficient (Wildman–Crippen LogP) is 5.25. The molecule has 0 bridgehead atoms. The molecular formula is C35H38N6O3S. The summed E-state index contributed by atoms with van der Waals surface area (Å²) >= 11 is 1.91. The van der Waals surface area contributed by atoms with E-state index in [0.717, 1.165) is 57.8 Å². The van der Waals surface area contributed by atoms with Crippen molar-refractivity contribution in [3.8, 4) is 0 Å². The molecule has 3 saturated heterocycles. The number of fused-ring (bicyclic) bond motifs is 3. The van der Waals surface area contributed by atoms with Crippen LogP contribution >= 0.6 is 11.8 Å². The molecule has 45 heavy (non-hydrogen) atoms. The Morgan fingerprint density at radius 3 is 2.73 bits per heavy atom. The molecule has 3 aliphatic rings. The van der Waals surface area contributed by atoms with Gasteiger partial charge in [-0.15, -0.1) is 0 Å². The van der Waals surface area contributed by atoms with Crippen LogP contribution in [-0.4, -0.2) is 68.5 Å². The van der Waals surface area contributed by atoms with E-state index < -0.39 is 0 Å². The maximum atomic E-state index is 13.9. The summed E-state index contributed by atoms with van der Waals surface area (Å²) in [5, 5.41) is 9.48. The van der Waals surface area contributed by atoms with E-state index in [1.165, 1.54) is 0 Å². The van der Waals surface area contributed by atoms with Crippen molar-refractivity contribution < 1.29 is 14.4 Å². The number of unbranched alkanes of at least 4 members (excludes halogenated alkanes) is 1. The summed E-state index contributed by atoms with van der Waals surface area (Å²) in [5.74, 6) is 1.02. The largest absolute Gasteiger partial charge is 0.398 e. The zero-order valence-electron chi connectivity index (χ0n) is 25.2. The zero-order valence-corrected chi connectivity index (χ0v) is 26.0. The number of carbonyl (C=O) groups excluding carboxylic acids is 3. The molecule has 0 unspecified atom stereocenters. The van der Waals surface area contributed by atoms with Gasteiger partial charge >= 0.3 is 6.03 Å². The van der Waals surface area contributed by atoms with Crippen LogP contribution in [0.1, 0.15) is 54.4 Å². The second-order valence-corrected chi connectivity index (χ2v) is 13.6. The van der Waals surface area contributed by atoms with Crippen molar-refractivity contribution in [2.24, 2.45) is 11.7 Å². The number of nitrogens with one attached hydrogen (secondary N) is 2. The lowest BCUT2D eigenvalue weighted by Gasteiger charge is -2.31. The van der Waals surface area contributed by atoms with Gasteiger partial charge in [-0.1, -0.05) is 42.8 Å². The molecule has 3 amide bonds. The number of urea groups is 1. The normalized spacial score (nSPS) is 22.0. The molecular weight excluding hydrogens is 584 g/mol. The Hall–Kier alpha value is -4.31. The van der Waals surface area contributed by atoms with Crippen LogP contribution in [-0.2, 0) is 4.79 Å². The number of nitrogens with zero attached hydrogens (tertiary/aromatic N) is 3. The molecule has 5 heterocycles. The second kappa shape index (κ2) is 12.6. The quantitative estimate of drug-likeness (QED) is 0.182. The molecule has 10 heteroatoms. The van der Waals surface area contributed by atoms with Crippen LogP contribution in [0.2, 0.25) is 0 Å². The molecule has 4 N–H and O–H groups in total. The van der Waals surface area contributed by atoms with E-state index in [-0.39, 0.29) is 35.8 Å². The van der Waals surface area contributed by atoms with Gasteiger partial charge in [0.1, 0.15) is 0 Å². The summed E-state index contributed by atoms with van der Waals surface area (Å²) < 4.78 is 1.76. The third-order valence-electron chi connectivity index (χ3n) is 9.55.